The maximum absolute atomic E-state index is 6.45. The predicted molar refractivity (Wildman–Crippen MR) is 52.7 cm³/mol. The van der Waals surface area contributed by atoms with Crippen LogP contribution in [0.25, 0.3) is 0 Å². The van der Waals surface area contributed by atoms with Gasteiger partial charge in [0, 0.05) is 0 Å². The molecule has 64 valence electrons. The normalized spacial score (nSPS) is 30.3. The molecule has 0 aromatic carbocycles. The molecule has 2 aliphatic rings. The summed E-state index contributed by atoms with van der Waals surface area (Å²) in [5, 5.41) is 0. The Hall–Kier alpha value is 0.720. The molecule has 1 atom stereocenters. The van der Waals surface area contributed by atoms with Crippen LogP contribution in [0.4, 0.5) is 0 Å². The van der Waals surface area contributed by atoms with Gasteiger partial charge in [0.25, 0.3) is 0 Å². The fraction of sp³-hybridized carbons (Fsp3) is 1.00. The van der Waals surface area contributed by atoms with E-state index in [9.17, 15) is 0 Å². The average Bonchev–Trinajstić information content (AvgIpc) is 2.32. The summed E-state index contributed by atoms with van der Waals surface area (Å²) in [7, 11) is -0.0840. The van der Waals surface area contributed by atoms with Crippen molar-refractivity contribution in [2.45, 2.75) is 56.3 Å². The molecule has 2 saturated carbocycles. The van der Waals surface area contributed by atoms with Gasteiger partial charge in [-0.25, -0.2) is 0 Å². The first kappa shape index (κ1) is 8.32. The number of hydrogen-bond donors (Lipinski definition) is 0. The Morgan fingerprint density at radius 2 is 1.27 bits per heavy atom. The van der Waals surface area contributed by atoms with Crippen molar-refractivity contribution < 1.29 is 0 Å². The largest absolute Gasteiger partial charge is 0.0958 e. The lowest BCUT2D eigenvalue weighted by atomic mass is 10.00. The van der Waals surface area contributed by atoms with Crippen molar-refractivity contribution in [2.75, 3.05) is 0 Å². The fourth-order valence-corrected chi connectivity index (χ4v) is 5.57. The Morgan fingerprint density at radius 1 is 0.818 bits per heavy atom. The monoisotopic (exact) mass is 190 g/mol. The lowest BCUT2D eigenvalue weighted by molar-refractivity contribution is 0.513. The van der Waals surface area contributed by atoms with Crippen molar-refractivity contribution in [3.63, 3.8) is 0 Å². The molecule has 0 spiro atoms. The SMILES string of the molecule is ClP(C1CCCC1)C1CCC1. The molecule has 0 radical (unpaired) electrons. The minimum absolute atomic E-state index is 0.0840. The van der Waals surface area contributed by atoms with E-state index in [4.69, 9.17) is 11.2 Å². The highest BCUT2D eigenvalue weighted by molar-refractivity contribution is 7.85. The van der Waals surface area contributed by atoms with E-state index in [2.05, 4.69) is 0 Å². The van der Waals surface area contributed by atoms with Crippen molar-refractivity contribution >= 4 is 18.5 Å². The summed E-state index contributed by atoms with van der Waals surface area (Å²) >= 11 is 6.45. The second-order valence-electron chi connectivity index (χ2n) is 3.87. The predicted octanol–water partition coefficient (Wildman–Crippen LogP) is 4.12. The smallest absolute Gasteiger partial charge is 0.00339 e. The fourth-order valence-electron chi connectivity index (χ4n) is 2.08. The third kappa shape index (κ3) is 1.73. The number of rotatable bonds is 2. The third-order valence-electron chi connectivity index (χ3n) is 3.10. The third-order valence-corrected chi connectivity index (χ3v) is 7.18. The van der Waals surface area contributed by atoms with E-state index in [0.29, 0.717) is 0 Å². The van der Waals surface area contributed by atoms with Crippen molar-refractivity contribution in [2.24, 2.45) is 0 Å². The van der Waals surface area contributed by atoms with Gasteiger partial charge >= 0.3 is 0 Å². The molecule has 11 heavy (non-hydrogen) atoms. The molecule has 2 heteroatoms. The Balaban J connectivity index is 1.82. The zero-order valence-electron chi connectivity index (χ0n) is 6.93. The molecule has 0 aliphatic heterocycles. The Morgan fingerprint density at radius 3 is 1.64 bits per heavy atom. The molecular formula is C9H16ClP. The summed E-state index contributed by atoms with van der Waals surface area (Å²) in [5.74, 6) is 0. The van der Waals surface area contributed by atoms with Crippen LogP contribution in [0.3, 0.4) is 0 Å². The Bertz CT molecular complexity index is 128. The van der Waals surface area contributed by atoms with Crippen LogP contribution in [0.1, 0.15) is 44.9 Å². The van der Waals surface area contributed by atoms with E-state index in [1.165, 1.54) is 44.9 Å². The van der Waals surface area contributed by atoms with Gasteiger partial charge in [0.2, 0.25) is 0 Å². The topological polar surface area (TPSA) is 0 Å². The minimum atomic E-state index is -0.0840. The molecule has 0 amide bonds. The molecule has 2 aliphatic carbocycles. The first-order valence-corrected chi connectivity index (χ1v) is 7.20. The maximum atomic E-state index is 6.45. The van der Waals surface area contributed by atoms with E-state index >= 15 is 0 Å². The van der Waals surface area contributed by atoms with Crippen LogP contribution in [-0.4, -0.2) is 11.3 Å². The summed E-state index contributed by atoms with van der Waals surface area (Å²) in [6, 6.07) is 0. The van der Waals surface area contributed by atoms with E-state index in [-0.39, 0.29) is 7.27 Å². The van der Waals surface area contributed by atoms with E-state index in [1.807, 2.05) is 0 Å². The van der Waals surface area contributed by atoms with Crippen LogP contribution >= 0.6 is 18.5 Å². The van der Waals surface area contributed by atoms with Crippen LogP contribution < -0.4 is 0 Å². The Kier molecular flexibility index (Phi) is 2.74. The molecule has 0 aromatic heterocycles. The van der Waals surface area contributed by atoms with Crippen LogP contribution in [0.2, 0.25) is 0 Å². The first-order valence-electron chi connectivity index (χ1n) is 4.82. The van der Waals surface area contributed by atoms with E-state index in [0.717, 1.165) is 11.3 Å². The van der Waals surface area contributed by atoms with Gasteiger partial charge in [-0.2, -0.15) is 0 Å². The van der Waals surface area contributed by atoms with Crippen molar-refractivity contribution in [1.29, 1.82) is 0 Å². The molecule has 0 N–H and O–H groups in total. The van der Waals surface area contributed by atoms with E-state index < -0.39 is 0 Å². The van der Waals surface area contributed by atoms with Gasteiger partial charge in [0.1, 0.15) is 0 Å². The summed E-state index contributed by atoms with van der Waals surface area (Å²) in [5.41, 5.74) is 1.90. The lowest BCUT2D eigenvalue weighted by Crippen LogP contribution is -2.17. The van der Waals surface area contributed by atoms with Gasteiger partial charge < -0.3 is 0 Å². The van der Waals surface area contributed by atoms with E-state index in [1.54, 1.807) is 0 Å². The molecule has 0 bridgehead atoms. The van der Waals surface area contributed by atoms with Gasteiger partial charge in [0.05, 0.1) is 0 Å². The highest BCUT2D eigenvalue weighted by Crippen LogP contribution is 2.61. The number of hydrogen-bond acceptors (Lipinski definition) is 0. The molecule has 2 rings (SSSR count). The van der Waals surface area contributed by atoms with Crippen LogP contribution in [0.5, 0.6) is 0 Å². The number of halogens is 1. The average molecular weight is 191 g/mol. The van der Waals surface area contributed by atoms with Crippen molar-refractivity contribution in [1.82, 2.24) is 0 Å². The standard InChI is InChI=1S/C9H16ClP/c10-11(9-6-3-7-9)8-4-1-2-5-8/h8-9H,1-7H2. The van der Waals surface area contributed by atoms with Crippen molar-refractivity contribution in [3.8, 4) is 0 Å². The lowest BCUT2D eigenvalue weighted by Gasteiger charge is -2.33. The van der Waals surface area contributed by atoms with Crippen molar-refractivity contribution in [3.05, 3.63) is 0 Å². The van der Waals surface area contributed by atoms with Gasteiger partial charge in [0.15, 0.2) is 0 Å². The van der Waals surface area contributed by atoms with Crippen LogP contribution in [-0.2, 0) is 0 Å². The van der Waals surface area contributed by atoms with Crippen LogP contribution in [0.15, 0.2) is 0 Å². The molecule has 2 fully saturated rings. The maximum Gasteiger partial charge on any atom is -0.00339 e. The zero-order chi connectivity index (χ0) is 7.68. The molecule has 0 heterocycles. The van der Waals surface area contributed by atoms with Gasteiger partial charge in [-0.1, -0.05) is 30.5 Å². The summed E-state index contributed by atoms with van der Waals surface area (Å²) in [4.78, 5) is 0. The summed E-state index contributed by atoms with van der Waals surface area (Å²) < 4.78 is 0. The first-order chi connectivity index (χ1) is 5.38. The Labute approximate surface area is 75.2 Å². The summed E-state index contributed by atoms with van der Waals surface area (Å²) in [6.07, 6.45) is 10.1. The van der Waals surface area contributed by atoms with Gasteiger partial charge in [-0.05, 0) is 44.3 Å². The molecular weight excluding hydrogens is 175 g/mol. The zero-order valence-corrected chi connectivity index (χ0v) is 8.58. The molecule has 0 saturated heterocycles. The highest BCUT2D eigenvalue weighted by Gasteiger charge is 2.32. The van der Waals surface area contributed by atoms with Gasteiger partial charge in [-0.15, -0.1) is 0 Å². The molecule has 0 aromatic rings. The van der Waals surface area contributed by atoms with Crippen LogP contribution in [0, 0.1) is 0 Å². The minimum Gasteiger partial charge on any atom is -0.0958 e. The second kappa shape index (κ2) is 3.62. The van der Waals surface area contributed by atoms with Gasteiger partial charge in [-0.3, -0.25) is 0 Å². The highest BCUT2D eigenvalue weighted by atomic mass is 35.7. The molecule has 0 nitrogen and oxygen atoms in total. The molecule has 1 unspecified atom stereocenters. The second-order valence-corrected chi connectivity index (χ2v) is 7.19. The summed E-state index contributed by atoms with van der Waals surface area (Å²) in [6.45, 7) is 0. The quantitative estimate of drug-likeness (QED) is 0.575.